The number of benzene rings is 1. The second kappa shape index (κ2) is 7.06. The van der Waals surface area contributed by atoms with Crippen molar-refractivity contribution in [3.8, 4) is 0 Å². The van der Waals surface area contributed by atoms with Crippen molar-refractivity contribution >= 4 is 11.8 Å². The lowest BCUT2D eigenvalue weighted by Crippen LogP contribution is -2.42. The standard InChI is InChI=1S/C24H30N2O2/c1-16-7-2-5-12-20(16)22-21-15-25(23(27)17-8-3-4-9-17)13-19(21)14-26(22)24(28)18-10-6-11-18/h2-5,7,12,17-19,21-22H,6,8-11,13-15H2,1H3/t19-,21-,22-/m0/s1. The van der Waals surface area contributed by atoms with E-state index in [2.05, 4.69) is 53.1 Å². The average molecular weight is 379 g/mol. The van der Waals surface area contributed by atoms with Crippen LogP contribution in [0.5, 0.6) is 0 Å². The molecular formula is C24H30N2O2. The van der Waals surface area contributed by atoms with Gasteiger partial charge in [0.25, 0.3) is 0 Å². The largest absolute Gasteiger partial charge is 0.342 e. The number of amides is 2. The molecule has 1 aromatic carbocycles. The molecule has 4 nitrogen and oxygen atoms in total. The van der Waals surface area contributed by atoms with Crippen molar-refractivity contribution in [2.45, 2.75) is 45.1 Å². The summed E-state index contributed by atoms with van der Waals surface area (Å²) in [5, 5.41) is 0. The van der Waals surface area contributed by atoms with E-state index in [1.807, 2.05) is 0 Å². The van der Waals surface area contributed by atoms with Gasteiger partial charge in [-0.2, -0.15) is 0 Å². The molecule has 28 heavy (non-hydrogen) atoms. The van der Waals surface area contributed by atoms with E-state index in [0.717, 1.165) is 45.3 Å². The van der Waals surface area contributed by atoms with Gasteiger partial charge in [-0.15, -0.1) is 0 Å². The van der Waals surface area contributed by atoms with Crippen LogP contribution in [0.3, 0.4) is 0 Å². The zero-order valence-corrected chi connectivity index (χ0v) is 16.7. The van der Waals surface area contributed by atoms with Crippen molar-refractivity contribution < 1.29 is 9.59 Å². The Hall–Kier alpha value is -2.10. The molecule has 0 N–H and O–H groups in total. The highest BCUT2D eigenvalue weighted by Crippen LogP contribution is 2.47. The smallest absolute Gasteiger partial charge is 0.226 e. The first-order valence-electron chi connectivity index (χ1n) is 10.9. The molecule has 0 unspecified atom stereocenters. The number of carbonyl (C=O) groups excluding carboxylic acids is 2. The van der Waals surface area contributed by atoms with E-state index >= 15 is 0 Å². The van der Waals surface area contributed by atoms with Crippen molar-refractivity contribution in [2.24, 2.45) is 23.7 Å². The summed E-state index contributed by atoms with van der Waals surface area (Å²) >= 11 is 0. The summed E-state index contributed by atoms with van der Waals surface area (Å²) in [7, 11) is 0. The van der Waals surface area contributed by atoms with Gasteiger partial charge in [-0.1, -0.05) is 42.8 Å². The third-order valence-electron chi connectivity index (χ3n) is 7.58. The molecule has 0 spiro atoms. The van der Waals surface area contributed by atoms with Gasteiger partial charge in [-0.25, -0.2) is 0 Å². The van der Waals surface area contributed by atoms with Crippen LogP contribution in [-0.4, -0.2) is 41.2 Å². The van der Waals surface area contributed by atoms with Crippen LogP contribution in [0.2, 0.25) is 0 Å². The zero-order chi connectivity index (χ0) is 19.3. The number of hydrogen-bond donors (Lipinski definition) is 0. The Morgan fingerprint density at radius 1 is 0.929 bits per heavy atom. The highest BCUT2D eigenvalue weighted by molar-refractivity contribution is 5.82. The van der Waals surface area contributed by atoms with Gasteiger partial charge in [0.15, 0.2) is 0 Å². The zero-order valence-electron chi connectivity index (χ0n) is 16.7. The molecule has 2 aliphatic carbocycles. The molecule has 2 aliphatic heterocycles. The van der Waals surface area contributed by atoms with Crippen LogP contribution < -0.4 is 0 Å². The van der Waals surface area contributed by atoms with Gasteiger partial charge < -0.3 is 9.80 Å². The second-order valence-corrected chi connectivity index (χ2v) is 9.23. The maximum atomic E-state index is 13.2. The third kappa shape index (κ3) is 2.89. The minimum atomic E-state index is 0.124. The van der Waals surface area contributed by atoms with Crippen LogP contribution in [0.1, 0.15) is 49.3 Å². The van der Waals surface area contributed by atoms with Gasteiger partial charge in [0.2, 0.25) is 11.8 Å². The molecule has 0 bridgehead atoms. The predicted octanol–water partition coefficient (Wildman–Crippen LogP) is 3.72. The SMILES string of the molecule is Cc1ccccc1[C@H]1[C@H]2CN(C(=O)C3CC=CC3)C[C@H]2CN1C(=O)C1CCC1. The Kier molecular flexibility index (Phi) is 4.53. The topological polar surface area (TPSA) is 40.6 Å². The van der Waals surface area contributed by atoms with E-state index in [4.69, 9.17) is 0 Å². The summed E-state index contributed by atoms with van der Waals surface area (Å²) in [5.41, 5.74) is 2.53. The Morgan fingerprint density at radius 2 is 1.68 bits per heavy atom. The van der Waals surface area contributed by atoms with E-state index in [-0.39, 0.29) is 17.9 Å². The summed E-state index contributed by atoms with van der Waals surface area (Å²) in [6, 6.07) is 8.62. The normalized spacial score (nSPS) is 30.0. The summed E-state index contributed by atoms with van der Waals surface area (Å²) in [6.07, 6.45) is 9.32. The fourth-order valence-corrected chi connectivity index (χ4v) is 5.74. The summed E-state index contributed by atoms with van der Waals surface area (Å²) in [6.45, 7) is 4.58. The predicted molar refractivity (Wildman–Crippen MR) is 108 cm³/mol. The van der Waals surface area contributed by atoms with Crippen LogP contribution in [-0.2, 0) is 9.59 Å². The molecule has 2 heterocycles. The van der Waals surface area contributed by atoms with E-state index in [0.29, 0.717) is 23.7 Å². The number of hydrogen-bond acceptors (Lipinski definition) is 2. The number of likely N-dealkylation sites (tertiary alicyclic amines) is 2. The molecule has 1 saturated carbocycles. The monoisotopic (exact) mass is 378 g/mol. The molecule has 4 heteroatoms. The van der Waals surface area contributed by atoms with Crippen molar-refractivity contribution in [3.05, 3.63) is 47.5 Å². The molecule has 3 fully saturated rings. The molecule has 3 atom stereocenters. The molecular weight excluding hydrogens is 348 g/mol. The first kappa shape index (κ1) is 18.0. The quantitative estimate of drug-likeness (QED) is 0.752. The molecule has 4 aliphatic rings. The second-order valence-electron chi connectivity index (χ2n) is 9.23. The van der Waals surface area contributed by atoms with E-state index in [1.54, 1.807) is 0 Å². The third-order valence-corrected chi connectivity index (χ3v) is 7.58. The van der Waals surface area contributed by atoms with Gasteiger partial charge in [0.1, 0.15) is 0 Å². The van der Waals surface area contributed by atoms with Gasteiger partial charge in [-0.3, -0.25) is 9.59 Å². The maximum absolute atomic E-state index is 13.2. The van der Waals surface area contributed by atoms with Crippen molar-refractivity contribution in [1.29, 1.82) is 0 Å². The van der Waals surface area contributed by atoms with E-state index in [9.17, 15) is 9.59 Å². The van der Waals surface area contributed by atoms with Crippen LogP contribution >= 0.6 is 0 Å². The Bertz CT molecular complexity index is 805. The van der Waals surface area contributed by atoms with Crippen LogP contribution in [0.25, 0.3) is 0 Å². The number of aryl methyl sites for hydroxylation is 1. The van der Waals surface area contributed by atoms with Gasteiger partial charge in [0.05, 0.1) is 6.04 Å². The Balaban J connectivity index is 1.41. The number of rotatable bonds is 3. The van der Waals surface area contributed by atoms with E-state index in [1.165, 1.54) is 17.5 Å². The number of carbonyl (C=O) groups is 2. The highest BCUT2D eigenvalue weighted by atomic mass is 16.2. The fraction of sp³-hybridized carbons (Fsp3) is 0.583. The lowest BCUT2D eigenvalue weighted by molar-refractivity contribution is -0.140. The highest BCUT2D eigenvalue weighted by Gasteiger charge is 2.51. The molecule has 5 rings (SSSR count). The summed E-state index contributed by atoms with van der Waals surface area (Å²) in [5.74, 6) is 1.82. The Labute approximate surface area is 167 Å². The van der Waals surface area contributed by atoms with Crippen LogP contribution in [0.4, 0.5) is 0 Å². The summed E-state index contributed by atoms with van der Waals surface area (Å²) < 4.78 is 0. The molecule has 148 valence electrons. The number of fused-ring (bicyclic) bond motifs is 1. The van der Waals surface area contributed by atoms with Crippen molar-refractivity contribution in [3.63, 3.8) is 0 Å². The van der Waals surface area contributed by atoms with Crippen LogP contribution in [0.15, 0.2) is 36.4 Å². The van der Waals surface area contributed by atoms with Crippen LogP contribution in [0, 0.1) is 30.6 Å². The Morgan fingerprint density at radius 3 is 2.36 bits per heavy atom. The van der Waals surface area contributed by atoms with Crippen molar-refractivity contribution in [2.75, 3.05) is 19.6 Å². The molecule has 1 aromatic rings. The maximum Gasteiger partial charge on any atom is 0.226 e. The lowest BCUT2D eigenvalue weighted by Gasteiger charge is -2.36. The lowest BCUT2D eigenvalue weighted by atomic mass is 9.83. The van der Waals surface area contributed by atoms with Gasteiger partial charge in [-0.05, 0) is 43.7 Å². The molecule has 2 saturated heterocycles. The number of nitrogens with zero attached hydrogens (tertiary/aromatic N) is 2. The van der Waals surface area contributed by atoms with Gasteiger partial charge in [0, 0.05) is 43.3 Å². The van der Waals surface area contributed by atoms with E-state index < -0.39 is 0 Å². The van der Waals surface area contributed by atoms with Crippen molar-refractivity contribution in [1.82, 2.24) is 9.80 Å². The fourth-order valence-electron chi connectivity index (χ4n) is 5.74. The minimum absolute atomic E-state index is 0.124. The molecule has 2 amide bonds. The number of allylic oxidation sites excluding steroid dienone is 2. The average Bonchev–Trinajstić information content (AvgIpc) is 3.36. The molecule has 0 aromatic heterocycles. The first-order chi connectivity index (χ1) is 13.6. The van der Waals surface area contributed by atoms with Gasteiger partial charge >= 0.3 is 0 Å². The molecule has 0 radical (unpaired) electrons. The summed E-state index contributed by atoms with van der Waals surface area (Å²) in [4.78, 5) is 30.5. The first-order valence-corrected chi connectivity index (χ1v) is 10.9. The minimum Gasteiger partial charge on any atom is -0.342 e.